The van der Waals surface area contributed by atoms with Crippen LogP contribution in [0.4, 0.5) is 10.1 Å². The summed E-state index contributed by atoms with van der Waals surface area (Å²) in [5, 5.41) is 13.3. The van der Waals surface area contributed by atoms with Gasteiger partial charge in [0, 0.05) is 5.69 Å². The van der Waals surface area contributed by atoms with Crippen molar-refractivity contribution in [3.63, 3.8) is 0 Å². The topological polar surface area (TPSA) is 32.3 Å². The van der Waals surface area contributed by atoms with Crippen LogP contribution in [0.3, 0.4) is 0 Å². The van der Waals surface area contributed by atoms with Gasteiger partial charge >= 0.3 is 0 Å². The van der Waals surface area contributed by atoms with Gasteiger partial charge in [0.1, 0.15) is 11.6 Å². The van der Waals surface area contributed by atoms with E-state index in [4.69, 9.17) is 0 Å². The van der Waals surface area contributed by atoms with E-state index in [2.05, 4.69) is 11.4 Å². The van der Waals surface area contributed by atoms with E-state index in [1.807, 2.05) is 30.3 Å². The molecule has 2 nitrogen and oxygen atoms in total. The number of aromatic hydroxyl groups is 1. The molecule has 4 rings (SSSR count). The Bertz CT molecular complexity index is 891. The van der Waals surface area contributed by atoms with Gasteiger partial charge in [0.25, 0.3) is 0 Å². The molecule has 1 unspecified atom stereocenters. The van der Waals surface area contributed by atoms with Crippen LogP contribution in [0.1, 0.15) is 23.6 Å². The molecule has 120 valence electrons. The summed E-state index contributed by atoms with van der Waals surface area (Å²) >= 11 is 0. The molecule has 0 spiro atoms. The molecule has 3 aromatic rings. The van der Waals surface area contributed by atoms with Crippen molar-refractivity contribution in [1.82, 2.24) is 0 Å². The minimum absolute atomic E-state index is 0.173. The highest BCUT2D eigenvalue weighted by molar-refractivity contribution is 5.75. The van der Waals surface area contributed by atoms with Gasteiger partial charge in [-0.1, -0.05) is 36.4 Å². The Balaban J connectivity index is 1.70. The summed E-state index contributed by atoms with van der Waals surface area (Å²) in [5.41, 5.74) is 5.37. The van der Waals surface area contributed by atoms with Crippen molar-refractivity contribution in [3.05, 3.63) is 83.7 Å². The Morgan fingerprint density at radius 3 is 2.62 bits per heavy atom. The minimum atomic E-state index is -0.216. The van der Waals surface area contributed by atoms with E-state index in [1.165, 1.54) is 11.6 Å². The number of hydrogen-bond acceptors (Lipinski definition) is 2. The van der Waals surface area contributed by atoms with Crippen LogP contribution in [-0.2, 0) is 6.42 Å². The molecule has 2 N–H and O–H groups in total. The lowest BCUT2D eigenvalue weighted by atomic mass is 9.88. The fourth-order valence-corrected chi connectivity index (χ4v) is 3.46. The number of hydrogen-bond donors (Lipinski definition) is 2. The van der Waals surface area contributed by atoms with Crippen molar-refractivity contribution in [2.24, 2.45) is 0 Å². The van der Waals surface area contributed by atoms with E-state index in [0.717, 1.165) is 35.2 Å². The molecule has 24 heavy (non-hydrogen) atoms. The highest BCUT2D eigenvalue weighted by atomic mass is 19.1. The molecule has 0 amide bonds. The molecule has 3 aromatic carbocycles. The fraction of sp³-hybridized carbons (Fsp3) is 0.143. The maximum atomic E-state index is 13.6. The largest absolute Gasteiger partial charge is 0.508 e. The molecule has 1 aliphatic rings. The van der Waals surface area contributed by atoms with Gasteiger partial charge in [0.05, 0.1) is 6.04 Å². The number of benzene rings is 3. The maximum Gasteiger partial charge on any atom is 0.123 e. The SMILES string of the molecule is Oc1cccc(C2CCc3c(cccc3-c3cccc(F)c3)N2)c1. The van der Waals surface area contributed by atoms with Crippen LogP contribution in [0.25, 0.3) is 11.1 Å². The average Bonchev–Trinajstić information content (AvgIpc) is 2.61. The molecule has 1 atom stereocenters. The molecular formula is C21H18FNO. The minimum Gasteiger partial charge on any atom is -0.508 e. The van der Waals surface area contributed by atoms with Gasteiger partial charge < -0.3 is 10.4 Å². The zero-order valence-electron chi connectivity index (χ0n) is 13.2. The molecule has 0 fully saturated rings. The van der Waals surface area contributed by atoms with Crippen LogP contribution in [0.5, 0.6) is 5.75 Å². The summed E-state index contributed by atoms with van der Waals surface area (Å²) < 4.78 is 13.6. The van der Waals surface area contributed by atoms with Crippen LogP contribution in [0, 0.1) is 5.82 Å². The van der Waals surface area contributed by atoms with Gasteiger partial charge in [-0.2, -0.15) is 0 Å². The number of phenolic OH excluding ortho intramolecular Hbond substituents is 1. The lowest BCUT2D eigenvalue weighted by Crippen LogP contribution is -2.18. The molecule has 0 aromatic heterocycles. The van der Waals surface area contributed by atoms with Crippen LogP contribution >= 0.6 is 0 Å². The van der Waals surface area contributed by atoms with Gasteiger partial charge in [-0.05, 0) is 65.4 Å². The molecule has 0 saturated heterocycles. The molecule has 1 aliphatic heterocycles. The second kappa shape index (κ2) is 6.00. The smallest absolute Gasteiger partial charge is 0.123 e. The Morgan fingerprint density at radius 1 is 0.958 bits per heavy atom. The Labute approximate surface area is 140 Å². The molecule has 0 saturated carbocycles. The maximum absolute atomic E-state index is 13.6. The van der Waals surface area contributed by atoms with Gasteiger partial charge in [0.2, 0.25) is 0 Å². The first-order chi connectivity index (χ1) is 11.7. The molecule has 0 radical (unpaired) electrons. The van der Waals surface area contributed by atoms with Crippen molar-refractivity contribution in [3.8, 4) is 16.9 Å². The van der Waals surface area contributed by atoms with Crippen molar-refractivity contribution in [2.45, 2.75) is 18.9 Å². The molecule has 0 aliphatic carbocycles. The fourth-order valence-electron chi connectivity index (χ4n) is 3.46. The second-order valence-corrected chi connectivity index (χ2v) is 6.17. The summed E-state index contributed by atoms with van der Waals surface area (Å²) in [6, 6.07) is 20.4. The highest BCUT2D eigenvalue weighted by Gasteiger charge is 2.21. The third-order valence-electron chi connectivity index (χ3n) is 4.60. The summed E-state index contributed by atoms with van der Waals surface area (Å²) in [7, 11) is 0. The van der Waals surface area contributed by atoms with Gasteiger partial charge in [-0.15, -0.1) is 0 Å². The third-order valence-corrected chi connectivity index (χ3v) is 4.60. The first-order valence-electron chi connectivity index (χ1n) is 8.14. The lowest BCUT2D eigenvalue weighted by Gasteiger charge is -2.29. The van der Waals surface area contributed by atoms with E-state index in [0.29, 0.717) is 0 Å². The molecular weight excluding hydrogens is 301 g/mol. The summed E-state index contributed by atoms with van der Waals surface area (Å²) in [6.07, 6.45) is 1.85. The Morgan fingerprint density at radius 2 is 1.79 bits per heavy atom. The predicted octanol–water partition coefficient (Wildman–Crippen LogP) is 5.30. The van der Waals surface area contributed by atoms with E-state index >= 15 is 0 Å². The van der Waals surface area contributed by atoms with Crippen molar-refractivity contribution in [1.29, 1.82) is 0 Å². The number of anilines is 1. The Kier molecular flexibility index (Phi) is 3.69. The van der Waals surface area contributed by atoms with Gasteiger partial charge in [0.15, 0.2) is 0 Å². The van der Waals surface area contributed by atoms with Gasteiger partial charge in [-0.3, -0.25) is 0 Å². The number of halogens is 1. The normalized spacial score (nSPS) is 16.3. The molecule has 1 heterocycles. The first kappa shape index (κ1) is 14.8. The summed E-state index contributed by atoms with van der Waals surface area (Å²) in [6.45, 7) is 0. The number of rotatable bonds is 2. The zero-order chi connectivity index (χ0) is 16.5. The molecule has 3 heteroatoms. The summed E-state index contributed by atoms with van der Waals surface area (Å²) in [4.78, 5) is 0. The summed E-state index contributed by atoms with van der Waals surface area (Å²) in [5.74, 6) is 0.0696. The van der Waals surface area contributed by atoms with E-state index in [1.54, 1.807) is 24.3 Å². The zero-order valence-corrected chi connectivity index (χ0v) is 13.2. The van der Waals surface area contributed by atoms with Crippen molar-refractivity contribution >= 4 is 5.69 Å². The van der Waals surface area contributed by atoms with Crippen molar-refractivity contribution < 1.29 is 9.50 Å². The van der Waals surface area contributed by atoms with Crippen LogP contribution < -0.4 is 5.32 Å². The van der Waals surface area contributed by atoms with Crippen molar-refractivity contribution in [2.75, 3.05) is 5.32 Å². The van der Waals surface area contributed by atoms with E-state index in [9.17, 15) is 9.50 Å². The van der Waals surface area contributed by atoms with Gasteiger partial charge in [-0.25, -0.2) is 4.39 Å². The van der Waals surface area contributed by atoms with E-state index in [-0.39, 0.29) is 17.6 Å². The molecule has 0 bridgehead atoms. The monoisotopic (exact) mass is 319 g/mol. The number of phenols is 1. The highest BCUT2D eigenvalue weighted by Crippen LogP contribution is 2.38. The second-order valence-electron chi connectivity index (χ2n) is 6.17. The number of nitrogens with one attached hydrogen (secondary N) is 1. The van der Waals surface area contributed by atoms with E-state index < -0.39 is 0 Å². The Hall–Kier alpha value is -2.81. The third kappa shape index (κ3) is 2.73. The predicted molar refractivity (Wildman–Crippen MR) is 94.6 cm³/mol. The standard InChI is InChI=1S/C21H18FNO/c22-16-6-1-4-14(12-16)18-8-3-9-21-19(18)10-11-20(23-21)15-5-2-7-17(24)13-15/h1-9,12-13,20,23-24H,10-11H2. The number of fused-ring (bicyclic) bond motifs is 1. The average molecular weight is 319 g/mol. The quantitative estimate of drug-likeness (QED) is 0.672. The lowest BCUT2D eigenvalue weighted by molar-refractivity contribution is 0.473. The first-order valence-corrected chi connectivity index (χ1v) is 8.14. The van der Waals surface area contributed by atoms with Crippen LogP contribution in [0.2, 0.25) is 0 Å². The van der Waals surface area contributed by atoms with Crippen LogP contribution in [0.15, 0.2) is 66.7 Å². The van der Waals surface area contributed by atoms with Crippen LogP contribution in [-0.4, -0.2) is 5.11 Å².